The van der Waals surface area contributed by atoms with Crippen molar-refractivity contribution >= 4 is 35.0 Å². The number of carbonyl (C=O) groups is 3. The van der Waals surface area contributed by atoms with E-state index in [1.807, 2.05) is 0 Å². The highest BCUT2D eigenvalue weighted by Crippen LogP contribution is 2.72. The lowest BCUT2D eigenvalue weighted by Gasteiger charge is -2.64. The fraction of sp³-hybridized carbons (Fsp3) is 0.724. The van der Waals surface area contributed by atoms with Crippen LogP contribution in [0.3, 0.4) is 0 Å². The smallest absolute Gasteiger partial charge is 0.311 e. The minimum Gasteiger partial charge on any atom is -0.499 e. The van der Waals surface area contributed by atoms with Crippen molar-refractivity contribution in [3.8, 4) is 0 Å². The molecule has 0 radical (unpaired) electrons. The molecule has 3 saturated carbocycles. The highest BCUT2D eigenvalue weighted by molar-refractivity contribution is 7.80. The van der Waals surface area contributed by atoms with E-state index in [0.29, 0.717) is 6.42 Å². The normalized spacial score (nSPS) is 43.2. The molecule has 39 heavy (non-hydrogen) atoms. The molecule has 4 aliphatic rings. The minimum absolute atomic E-state index is 0.0210. The second-order valence-electron chi connectivity index (χ2n) is 12.1. The van der Waals surface area contributed by atoms with Gasteiger partial charge in [-0.3, -0.25) is 14.4 Å². The first-order valence-electron chi connectivity index (χ1n) is 13.7. The molecule has 10 heteroatoms. The van der Waals surface area contributed by atoms with Gasteiger partial charge in [-0.15, -0.1) is 0 Å². The van der Waals surface area contributed by atoms with E-state index in [1.165, 1.54) is 13.8 Å². The molecule has 0 aliphatic heterocycles. The van der Waals surface area contributed by atoms with Gasteiger partial charge in [-0.2, -0.15) is 0 Å². The predicted octanol–water partition coefficient (Wildman–Crippen LogP) is 5.19. The van der Waals surface area contributed by atoms with Crippen LogP contribution < -0.4 is 0 Å². The van der Waals surface area contributed by atoms with E-state index in [2.05, 4.69) is 0 Å². The topological polar surface area (TPSA) is 110 Å². The van der Waals surface area contributed by atoms with Crippen molar-refractivity contribution in [3.05, 3.63) is 23.0 Å². The lowest BCUT2D eigenvalue weighted by Crippen LogP contribution is -2.71. The molecule has 4 rings (SSSR count). The molecule has 0 bridgehead atoms. The zero-order chi connectivity index (χ0) is 29.3. The van der Waals surface area contributed by atoms with Crippen molar-refractivity contribution in [1.82, 2.24) is 0 Å². The third-order valence-electron chi connectivity index (χ3n) is 10.4. The number of hydrogen-bond donors (Lipinski definition) is 2. The maximum atomic E-state index is 17.9. The zero-order valence-corrected chi connectivity index (χ0v) is 24.1. The van der Waals surface area contributed by atoms with Gasteiger partial charge in [0.25, 0.3) is 0 Å². The van der Waals surface area contributed by atoms with Gasteiger partial charge < -0.3 is 19.7 Å². The molecule has 3 fully saturated rings. The third kappa shape index (κ3) is 3.72. The van der Waals surface area contributed by atoms with Crippen LogP contribution in [0.5, 0.6) is 0 Å². The van der Waals surface area contributed by atoms with Crippen LogP contribution in [0.25, 0.3) is 0 Å². The van der Waals surface area contributed by atoms with Gasteiger partial charge in [0, 0.05) is 30.1 Å². The number of ether oxygens (including phenoxy) is 2. The molecular formula is C29H38F2O7S. The van der Waals surface area contributed by atoms with Crippen LogP contribution in [0.4, 0.5) is 8.78 Å². The number of halogens is 2. The lowest BCUT2D eigenvalue weighted by molar-refractivity contribution is -0.224. The minimum atomic E-state index is -2.46. The molecule has 2 N–H and O–H groups in total. The summed E-state index contributed by atoms with van der Waals surface area (Å²) >= 11 is 5.24. The average Bonchev–Trinajstić information content (AvgIpc) is 3.07. The highest BCUT2D eigenvalue weighted by atomic mass is 32.1. The molecule has 9 atom stereocenters. The molecule has 0 aromatic heterocycles. The van der Waals surface area contributed by atoms with Crippen LogP contribution in [0.1, 0.15) is 80.1 Å². The van der Waals surface area contributed by atoms with Crippen LogP contribution in [-0.4, -0.2) is 56.5 Å². The Hall–Kier alpha value is -2.20. The van der Waals surface area contributed by atoms with Crippen LogP contribution in [0.2, 0.25) is 0 Å². The number of fused-ring (bicyclic) bond motifs is 5. The summed E-state index contributed by atoms with van der Waals surface area (Å²) in [7, 11) is 0. The Bertz CT molecular complexity index is 1180. The maximum absolute atomic E-state index is 17.9. The summed E-state index contributed by atoms with van der Waals surface area (Å²) in [5.74, 6) is -4.56. The summed E-state index contributed by atoms with van der Waals surface area (Å²) in [6.07, 6.45) is -2.15. The van der Waals surface area contributed by atoms with E-state index in [1.54, 1.807) is 27.7 Å². The quantitative estimate of drug-likeness (QED) is 0.333. The summed E-state index contributed by atoms with van der Waals surface area (Å²) in [6, 6.07) is 0. The molecule has 0 aromatic carbocycles. The van der Waals surface area contributed by atoms with E-state index < -0.39 is 74.9 Å². The molecule has 216 valence electrons. The van der Waals surface area contributed by atoms with Gasteiger partial charge in [0.05, 0.1) is 11.5 Å². The number of esters is 2. The molecule has 0 spiro atoms. The number of allylic oxidation sites excluding steroid dienone is 3. The molecular weight excluding hydrogens is 530 g/mol. The average molecular weight is 569 g/mol. The maximum Gasteiger partial charge on any atom is 0.311 e. The van der Waals surface area contributed by atoms with Crippen molar-refractivity contribution in [1.29, 1.82) is 0 Å². The number of alkyl halides is 2. The number of thiocarbonyl (C=S) groups is 1. The molecule has 0 aromatic rings. The predicted molar refractivity (Wildman–Crippen MR) is 142 cm³/mol. The van der Waals surface area contributed by atoms with Crippen molar-refractivity contribution in [2.75, 3.05) is 0 Å². The number of aliphatic hydroxyl groups excluding tert-OH is 2. The van der Waals surface area contributed by atoms with Gasteiger partial charge in [-0.05, 0) is 74.9 Å². The Morgan fingerprint density at radius 2 is 1.82 bits per heavy atom. The van der Waals surface area contributed by atoms with Crippen molar-refractivity contribution in [3.63, 3.8) is 0 Å². The van der Waals surface area contributed by atoms with E-state index in [-0.39, 0.29) is 49.0 Å². The Morgan fingerprint density at radius 3 is 2.38 bits per heavy atom. The van der Waals surface area contributed by atoms with E-state index >= 15 is 8.78 Å². The van der Waals surface area contributed by atoms with Gasteiger partial charge in [0.1, 0.15) is 6.17 Å². The Morgan fingerprint density at radius 1 is 1.18 bits per heavy atom. The molecule has 7 nitrogen and oxygen atoms in total. The molecule has 4 aliphatic carbocycles. The van der Waals surface area contributed by atoms with Gasteiger partial charge in [0.15, 0.2) is 17.0 Å². The monoisotopic (exact) mass is 568 g/mol. The standard InChI is InChI=1S/C29H38F2O7S/c1-7-9-23(35)37-24-15(4)27(6)18(12-20(24)32)19(30)11-17-16-10-14(3)29(25(36)39,38-22(34)8-2)26(16,5)13-21(33)28(17,27)31/h12,14,16-17,19,21,33H,7-11,13H2,1-6H3,(H,36,39)/t14-,16+,17+,19+,21+,26+,27+,28+,29-/m1/s1. The van der Waals surface area contributed by atoms with Crippen molar-refractivity contribution < 1.29 is 42.9 Å². The third-order valence-corrected chi connectivity index (χ3v) is 10.7. The highest BCUT2D eigenvalue weighted by Gasteiger charge is 2.78. The van der Waals surface area contributed by atoms with Crippen LogP contribution in [0.15, 0.2) is 23.0 Å². The van der Waals surface area contributed by atoms with E-state index in [9.17, 15) is 24.6 Å². The summed E-state index contributed by atoms with van der Waals surface area (Å²) < 4.78 is 45.2. The summed E-state index contributed by atoms with van der Waals surface area (Å²) in [6.45, 7) is 9.74. The first-order chi connectivity index (χ1) is 18.1. The molecule has 0 saturated heterocycles. The summed E-state index contributed by atoms with van der Waals surface area (Å²) in [5, 5.41) is 21.9. The van der Waals surface area contributed by atoms with E-state index in [0.717, 1.165) is 6.08 Å². The SMILES string of the molecule is CCCC(=O)OC1=C(C)[C@@]2(C)C(=CC1=O)[C@@H](F)C[C@H]1[C@@H]3C[C@@H](C)[C@@](OC(=O)CC)(C(O)=S)[C@@]3(C)C[C@H](O)[C@@]12F. The van der Waals surface area contributed by atoms with E-state index in [4.69, 9.17) is 21.7 Å². The largest absolute Gasteiger partial charge is 0.499 e. The number of ketones is 1. The molecule has 0 unspecified atom stereocenters. The summed E-state index contributed by atoms with van der Waals surface area (Å²) in [5.41, 5.74) is -7.15. The van der Waals surface area contributed by atoms with Gasteiger partial charge >= 0.3 is 11.9 Å². The van der Waals surface area contributed by atoms with Gasteiger partial charge in [-0.1, -0.05) is 27.7 Å². The Labute approximate surface area is 233 Å². The second kappa shape index (κ2) is 9.72. The van der Waals surface area contributed by atoms with Crippen LogP contribution in [-0.2, 0) is 23.9 Å². The van der Waals surface area contributed by atoms with Crippen LogP contribution in [0, 0.1) is 28.6 Å². The number of aliphatic hydroxyl groups is 2. The second-order valence-corrected chi connectivity index (χ2v) is 12.5. The first kappa shape index (κ1) is 29.8. The Balaban J connectivity index is 1.89. The fourth-order valence-corrected chi connectivity index (χ4v) is 8.87. The lowest BCUT2D eigenvalue weighted by atomic mass is 9.43. The van der Waals surface area contributed by atoms with Gasteiger partial charge in [-0.25, -0.2) is 8.78 Å². The molecule has 0 heterocycles. The molecule has 0 amide bonds. The number of carbonyl (C=O) groups excluding carboxylic acids is 3. The van der Waals surface area contributed by atoms with Crippen molar-refractivity contribution in [2.45, 2.75) is 104 Å². The Kier molecular flexibility index (Phi) is 7.42. The van der Waals surface area contributed by atoms with Crippen molar-refractivity contribution in [2.24, 2.45) is 28.6 Å². The summed E-state index contributed by atoms with van der Waals surface area (Å²) in [4.78, 5) is 37.8. The van der Waals surface area contributed by atoms with Gasteiger partial charge in [0.2, 0.25) is 10.8 Å². The number of hydrogen-bond acceptors (Lipinski definition) is 7. The van der Waals surface area contributed by atoms with Crippen LogP contribution >= 0.6 is 12.2 Å². The fourth-order valence-electron chi connectivity index (χ4n) is 8.39. The number of rotatable bonds is 6. The first-order valence-corrected chi connectivity index (χ1v) is 14.1. The zero-order valence-electron chi connectivity index (χ0n) is 23.3.